The quantitative estimate of drug-likeness (QED) is 0.864. The molecule has 1 aliphatic carbocycles. The van der Waals surface area contributed by atoms with Gasteiger partial charge in [0.1, 0.15) is 0 Å². The van der Waals surface area contributed by atoms with Gasteiger partial charge >= 0.3 is 0 Å². The smallest absolute Gasteiger partial charge is 0.227 e. The molecule has 0 unspecified atom stereocenters. The number of ketones is 1. The molecule has 3 rings (SSSR count). The largest absolute Gasteiger partial charge is 0.342 e. The minimum absolute atomic E-state index is 0.00122. The Morgan fingerprint density at radius 3 is 2.08 bits per heavy atom. The van der Waals surface area contributed by atoms with E-state index in [9.17, 15) is 14.4 Å². The number of anilines is 1. The van der Waals surface area contributed by atoms with E-state index in [2.05, 4.69) is 5.32 Å². The van der Waals surface area contributed by atoms with Gasteiger partial charge in [-0.05, 0) is 56.9 Å². The van der Waals surface area contributed by atoms with Crippen LogP contribution >= 0.6 is 0 Å². The van der Waals surface area contributed by atoms with Crippen molar-refractivity contribution in [2.45, 2.75) is 39.0 Å². The Balaban J connectivity index is 1.49. The molecule has 1 saturated heterocycles. The van der Waals surface area contributed by atoms with Crippen LogP contribution in [0.3, 0.4) is 0 Å². The molecule has 2 aliphatic rings. The second kappa shape index (κ2) is 7.16. The zero-order chi connectivity index (χ0) is 17.1. The Bertz CT molecular complexity index is 627. The van der Waals surface area contributed by atoms with Crippen molar-refractivity contribution in [1.82, 2.24) is 4.90 Å². The first-order valence-electron chi connectivity index (χ1n) is 8.75. The molecule has 5 nitrogen and oxygen atoms in total. The highest BCUT2D eigenvalue weighted by molar-refractivity contribution is 5.96. The second-order valence-corrected chi connectivity index (χ2v) is 6.85. The lowest BCUT2D eigenvalue weighted by atomic mass is 9.83. The van der Waals surface area contributed by atoms with Gasteiger partial charge in [-0.15, -0.1) is 0 Å². The Labute approximate surface area is 142 Å². The lowest BCUT2D eigenvalue weighted by molar-refractivity contribution is -0.140. The van der Waals surface area contributed by atoms with E-state index in [4.69, 9.17) is 0 Å². The van der Waals surface area contributed by atoms with Crippen molar-refractivity contribution in [3.8, 4) is 0 Å². The standard InChI is InChI=1S/C19H24N2O3/c1-13(22)14-5-7-17(8-6-14)20-18(23)15-9-11-21(12-10-15)19(24)16-3-2-4-16/h5-8,15-16H,2-4,9-12H2,1H3,(H,20,23). The fourth-order valence-electron chi connectivity index (χ4n) is 3.31. The van der Waals surface area contributed by atoms with Gasteiger partial charge in [0.25, 0.3) is 0 Å². The van der Waals surface area contributed by atoms with Crippen molar-refractivity contribution in [3.05, 3.63) is 29.8 Å². The minimum Gasteiger partial charge on any atom is -0.342 e. The fourth-order valence-corrected chi connectivity index (χ4v) is 3.31. The number of likely N-dealkylation sites (tertiary alicyclic amines) is 1. The van der Waals surface area contributed by atoms with Gasteiger partial charge in [-0.25, -0.2) is 0 Å². The summed E-state index contributed by atoms with van der Waals surface area (Å²) in [5.74, 6) is 0.468. The summed E-state index contributed by atoms with van der Waals surface area (Å²) in [5, 5.41) is 2.91. The first kappa shape index (κ1) is 16.7. The molecule has 0 radical (unpaired) electrons. The SMILES string of the molecule is CC(=O)c1ccc(NC(=O)C2CCN(C(=O)C3CCC3)CC2)cc1. The number of nitrogens with one attached hydrogen (secondary N) is 1. The van der Waals surface area contributed by atoms with Gasteiger partial charge in [-0.3, -0.25) is 14.4 Å². The first-order chi connectivity index (χ1) is 11.5. The van der Waals surface area contributed by atoms with Crippen molar-refractivity contribution in [3.63, 3.8) is 0 Å². The number of Topliss-reactive ketones (excluding diaryl/α,β-unsaturated/α-hetero) is 1. The molecular formula is C19H24N2O3. The van der Waals surface area contributed by atoms with Gasteiger partial charge in [0.05, 0.1) is 0 Å². The third-order valence-electron chi connectivity index (χ3n) is 5.19. The topological polar surface area (TPSA) is 66.5 Å². The van der Waals surface area contributed by atoms with Crippen LogP contribution in [0.5, 0.6) is 0 Å². The molecule has 0 bridgehead atoms. The molecule has 5 heteroatoms. The van der Waals surface area contributed by atoms with E-state index in [1.54, 1.807) is 24.3 Å². The Hall–Kier alpha value is -2.17. The maximum atomic E-state index is 12.4. The Morgan fingerprint density at radius 2 is 1.58 bits per heavy atom. The minimum atomic E-state index is -0.0528. The van der Waals surface area contributed by atoms with E-state index < -0.39 is 0 Å². The van der Waals surface area contributed by atoms with Crippen molar-refractivity contribution >= 4 is 23.3 Å². The molecule has 0 aromatic heterocycles. The predicted octanol–water partition coefficient (Wildman–Crippen LogP) is 2.87. The number of hydrogen-bond donors (Lipinski definition) is 1. The number of amides is 2. The highest BCUT2D eigenvalue weighted by Gasteiger charge is 2.33. The van der Waals surface area contributed by atoms with Crippen LogP contribution in [0.4, 0.5) is 5.69 Å². The van der Waals surface area contributed by atoms with Gasteiger partial charge in [-0.1, -0.05) is 6.42 Å². The van der Waals surface area contributed by atoms with Crippen LogP contribution in [0.1, 0.15) is 49.4 Å². The number of hydrogen-bond acceptors (Lipinski definition) is 3. The molecule has 1 N–H and O–H groups in total. The van der Waals surface area contributed by atoms with Gasteiger partial charge in [0.2, 0.25) is 11.8 Å². The number of carbonyl (C=O) groups is 3. The summed E-state index contributed by atoms with van der Waals surface area (Å²) in [5.41, 5.74) is 1.34. The monoisotopic (exact) mass is 328 g/mol. The summed E-state index contributed by atoms with van der Waals surface area (Å²) in [6, 6.07) is 6.95. The van der Waals surface area contributed by atoms with Crippen LogP contribution < -0.4 is 5.32 Å². The molecule has 1 saturated carbocycles. The van der Waals surface area contributed by atoms with E-state index in [0.717, 1.165) is 32.1 Å². The number of benzene rings is 1. The van der Waals surface area contributed by atoms with Crippen molar-refractivity contribution in [2.75, 3.05) is 18.4 Å². The summed E-state index contributed by atoms with van der Waals surface area (Å²) < 4.78 is 0. The molecule has 24 heavy (non-hydrogen) atoms. The van der Waals surface area contributed by atoms with E-state index in [1.807, 2.05) is 4.90 Å². The van der Waals surface area contributed by atoms with E-state index in [1.165, 1.54) is 6.92 Å². The summed E-state index contributed by atoms with van der Waals surface area (Å²) in [6.45, 7) is 2.87. The summed E-state index contributed by atoms with van der Waals surface area (Å²) in [4.78, 5) is 37.8. The molecule has 2 fully saturated rings. The van der Waals surface area contributed by atoms with E-state index in [0.29, 0.717) is 24.3 Å². The van der Waals surface area contributed by atoms with Crippen LogP contribution in [0.25, 0.3) is 0 Å². The third kappa shape index (κ3) is 3.66. The first-order valence-corrected chi connectivity index (χ1v) is 8.75. The average Bonchev–Trinajstić information content (AvgIpc) is 2.54. The molecule has 2 amide bonds. The highest BCUT2D eigenvalue weighted by atomic mass is 16.2. The average molecular weight is 328 g/mol. The van der Waals surface area contributed by atoms with E-state index >= 15 is 0 Å². The molecule has 1 aromatic carbocycles. The molecular weight excluding hydrogens is 304 g/mol. The van der Waals surface area contributed by atoms with E-state index in [-0.39, 0.29) is 29.4 Å². The van der Waals surface area contributed by atoms with Crippen LogP contribution in [-0.4, -0.2) is 35.6 Å². The normalized spacial score (nSPS) is 18.8. The van der Waals surface area contributed by atoms with Crippen molar-refractivity contribution in [1.29, 1.82) is 0 Å². The second-order valence-electron chi connectivity index (χ2n) is 6.85. The number of piperidine rings is 1. The molecule has 1 heterocycles. The number of rotatable bonds is 4. The molecule has 1 aromatic rings. The van der Waals surface area contributed by atoms with Crippen molar-refractivity contribution < 1.29 is 14.4 Å². The Kier molecular flexibility index (Phi) is 4.97. The van der Waals surface area contributed by atoms with Crippen LogP contribution in [0.2, 0.25) is 0 Å². The van der Waals surface area contributed by atoms with Crippen LogP contribution in [0, 0.1) is 11.8 Å². The molecule has 1 aliphatic heterocycles. The zero-order valence-electron chi connectivity index (χ0n) is 14.1. The van der Waals surface area contributed by atoms with Crippen LogP contribution in [-0.2, 0) is 9.59 Å². The van der Waals surface area contributed by atoms with Crippen molar-refractivity contribution in [2.24, 2.45) is 11.8 Å². The molecule has 0 atom stereocenters. The summed E-state index contributed by atoms with van der Waals surface area (Å²) in [7, 11) is 0. The number of nitrogens with zero attached hydrogens (tertiary/aromatic N) is 1. The number of carbonyl (C=O) groups excluding carboxylic acids is 3. The van der Waals surface area contributed by atoms with Crippen LogP contribution in [0.15, 0.2) is 24.3 Å². The third-order valence-corrected chi connectivity index (χ3v) is 5.19. The highest BCUT2D eigenvalue weighted by Crippen LogP contribution is 2.30. The summed E-state index contributed by atoms with van der Waals surface area (Å²) >= 11 is 0. The summed E-state index contributed by atoms with van der Waals surface area (Å²) in [6.07, 6.45) is 4.65. The predicted molar refractivity (Wildman–Crippen MR) is 91.7 cm³/mol. The lowest BCUT2D eigenvalue weighted by Gasteiger charge is -2.36. The van der Waals surface area contributed by atoms with Gasteiger partial charge < -0.3 is 10.2 Å². The molecule has 128 valence electrons. The van der Waals surface area contributed by atoms with Gasteiger partial charge in [0, 0.05) is 36.2 Å². The maximum absolute atomic E-state index is 12.4. The Morgan fingerprint density at radius 1 is 0.958 bits per heavy atom. The molecule has 0 spiro atoms. The fraction of sp³-hybridized carbons (Fsp3) is 0.526. The maximum Gasteiger partial charge on any atom is 0.227 e. The van der Waals surface area contributed by atoms with Gasteiger partial charge in [0.15, 0.2) is 5.78 Å². The van der Waals surface area contributed by atoms with Gasteiger partial charge in [-0.2, -0.15) is 0 Å². The lowest BCUT2D eigenvalue weighted by Crippen LogP contribution is -2.45. The zero-order valence-corrected chi connectivity index (χ0v) is 14.1.